The van der Waals surface area contributed by atoms with Crippen molar-refractivity contribution in [1.82, 2.24) is 14.8 Å². The van der Waals surface area contributed by atoms with Crippen molar-refractivity contribution < 1.29 is 13.9 Å². The Bertz CT molecular complexity index is 1010. The van der Waals surface area contributed by atoms with Crippen molar-refractivity contribution in [2.24, 2.45) is 0 Å². The number of aromatic nitrogens is 3. The Hall–Kier alpha value is -3.13. The van der Waals surface area contributed by atoms with Gasteiger partial charge in [0.2, 0.25) is 5.91 Å². The fraction of sp³-hybridized carbons (Fsp3) is 0.227. The molecule has 0 aliphatic rings. The molecule has 0 aliphatic heterocycles. The van der Waals surface area contributed by atoms with Crippen molar-refractivity contribution in [3.8, 4) is 5.75 Å². The standard InChI is InChI=1S/C22H23FN4O2S/c1-4-14-27-21(16(2)29-19-13-9-8-12-18(19)23)24-25-22(27)30-15-20(28)26(3)17-10-6-5-7-11-17/h4-13,16H,1,14-15H2,2-3H3. The van der Waals surface area contributed by atoms with E-state index in [4.69, 9.17) is 4.74 Å². The molecule has 0 saturated carbocycles. The summed E-state index contributed by atoms with van der Waals surface area (Å²) in [7, 11) is 1.74. The van der Waals surface area contributed by atoms with Crippen LogP contribution in [0.5, 0.6) is 5.75 Å². The van der Waals surface area contributed by atoms with Crippen molar-refractivity contribution in [3.63, 3.8) is 0 Å². The van der Waals surface area contributed by atoms with Crippen LogP contribution in [0.1, 0.15) is 18.9 Å². The third-order valence-electron chi connectivity index (χ3n) is 4.40. The van der Waals surface area contributed by atoms with Gasteiger partial charge in [0.25, 0.3) is 0 Å². The van der Waals surface area contributed by atoms with Crippen LogP contribution in [0.2, 0.25) is 0 Å². The minimum absolute atomic E-state index is 0.0587. The Kier molecular flexibility index (Phi) is 7.24. The van der Waals surface area contributed by atoms with Crippen molar-refractivity contribution in [3.05, 3.63) is 78.9 Å². The van der Waals surface area contributed by atoms with E-state index in [-0.39, 0.29) is 17.4 Å². The Labute approximate surface area is 179 Å². The van der Waals surface area contributed by atoms with Gasteiger partial charge in [0.05, 0.1) is 5.75 Å². The first-order valence-electron chi connectivity index (χ1n) is 9.40. The summed E-state index contributed by atoms with van der Waals surface area (Å²) in [5.41, 5.74) is 0.822. The van der Waals surface area contributed by atoms with E-state index in [1.54, 1.807) is 43.1 Å². The molecule has 3 rings (SSSR count). The Morgan fingerprint density at radius 1 is 1.23 bits per heavy atom. The monoisotopic (exact) mass is 426 g/mol. The van der Waals surface area contributed by atoms with Crippen molar-refractivity contribution >= 4 is 23.4 Å². The van der Waals surface area contributed by atoms with Gasteiger partial charge < -0.3 is 9.64 Å². The minimum Gasteiger partial charge on any atom is -0.480 e. The summed E-state index contributed by atoms with van der Waals surface area (Å²) >= 11 is 1.29. The minimum atomic E-state index is -0.536. The van der Waals surface area contributed by atoms with Gasteiger partial charge in [-0.3, -0.25) is 9.36 Å². The number of thioether (sulfide) groups is 1. The maximum atomic E-state index is 13.9. The number of hydrogen-bond acceptors (Lipinski definition) is 5. The van der Waals surface area contributed by atoms with Crippen LogP contribution >= 0.6 is 11.8 Å². The molecule has 0 bridgehead atoms. The van der Waals surface area contributed by atoms with E-state index in [1.165, 1.54) is 17.8 Å². The number of ether oxygens (including phenoxy) is 1. The fourth-order valence-electron chi connectivity index (χ4n) is 2.81. The molecule has 1 aromatic heterocycles. The highest BCUT2D eigenvalue weighted by Crippen LogP contribution is 2.26. The van der Waals surface area contributed by atoms with E-state index in [0.29, 0.717) is 17.5 Å². The summed E-state index contributed by atoms with van der Waals surface area (Å²) in [5.74, 6) is 0.375. The van der Waals surface area contributed by atoms with Crippen LogP contribution in [-0.4, -0.2) is 33.5 Å². The summed E-state index contributed by atoms with van der Waals surface area (Å²) < 4.78 is 21.5. The van der Waals surface area contributed by atoms with Gasteiger partial charge in [-0.25, -0.2) is 4.39 Å². The van der Waals surface area contributed by atoms with Gasteiger partial charge in [0.15, 0.2) is 28.7 Å². The topological polar surface area (TPSA) is 60.2 Å². The molecule has 0 spiro atoms. The predicted octanol–water partition coefficient (Wildman–Crippen LogP) is 4.50. The first-order chi connectivity index (χ1) is 14.5. The number of halogens is 1. The molecule has 1 atom stereocenters. The molecule has 6 nitrogen and oxygen atoms in total. The molecule has 1 heterocycles. The zero-order valence-electron chi connectivity index (χ0n) is 16.9. The van der Waals surface area contributed by atoms with Crippen LogP contribution in [0.3, 0.4) is 0 Å². The van der Waals surface area contributed by atoms with E-state index < -0.39 is 11.9 Å². The zero-order chi connectivity index (χ0) is 21.5. The number of hydrogen-bond donors (Lipinski definition) is 0. The number of allylic oxidation sites excluding steroid dienone is 1. The smallest absolute Gasteiger partial charge is 0.237 e. The highest BCUT2D eigenvalue weighted by molar-refractivity contribution is 7.99. The second-order valence-electron chi connectivity index (χ2n) is 6.51. The van der Waals surface area contributed by atoms with Gasteiger partial charge in [0, 0.05) is 19.3 Å². The van der Waals surface area contributed by atoms with Gasteiger partial charge in [-0.05, 0) is 31.2 Å². The Balaban J connectivity index is 1.71. The molecular weight excluding hydrogens is 403 g/mol. The first-order valence-corrected chi connectivity index (χ1v) is 10.4. The van der Waals surface area contributed by atoms with Gasteiger partial charge in [0.1, 0.15) is 0 Å². The molecule has 1 unspecified atom stereocenters. The van der Waals surface area contributed by atoms with Crippen molar-refractivity contribution in [1.29, 1.82) is 0 Å². The SMILES string of the molecule is C=CCn1c(SCC(=O)N(C)c2ccccc2)nnc1C(C)Oc1ccccc1F. The van der Waals surface area contributed by atoms with Crippen LogP contribution in [0.15, 0.2) is 72.4 Å². The van der Waals surface area contributed by atoms with E-state index in [1.807, 2.05) is 34.9 Å². The van der Waals surface area contributed by atoms with Gasteiger partial charge in [-0.1, -0.05) is 48.2 Å². The lowest BCUT2D eigenvalue weighted by atomic mass is 10.3. The number of rotatable bonds is 9. The van der Waals surface area contributed by atoms with Crippen LogP contribution in [0, 0.1) is 5.82 Å². The number of para-hydroxylation sites is 2. The summed E-state index contributed by atoms with van der Waals surface area (Å²) in [5, 5.41) is 8.99. The van der Waals surface area contributed by atoms with Crippen LogP contribution in [0.4, 0.5) is 10.1 Å². The summed E-state index contributed by atoms with van der Waals surface area (Å²) in [6.45, 7) is 6.00. The molecule has 3 aromatic rings. The molecule has 0 aliphatic carbocycles. The summed E-state index contributed by atoms with van der Waals surface area (Å²) in [6, 6.07) is 15.6. The number of amides is 1. The summed E-state index contributed by atoms with van der Waals surface area (Å²) in [6.07, 6.45) is 1.18. The van der Waals surface area contributed by atoms with Crippen LogP contribution in [-0.2, 0) is 11.3 Å². The van der Waals surface area contributed by atoms with E-state index >= 15 is 0 Å². The quantitative estimate of drug-likeness (QED) is 0.372. The third-order valence-corrected chi connectivity index (χ3v) is 5.35. The molecule has 2 aromatic carbocycles. The number of anilines is 1. The second-order valence-corrected chi connectivity index (χ2v) is 7.45. The van der Waals surface area contributed by atoms with Crippen molar-refractivity contribution in [2.75, 3.05) is 17.7 Å². The number of benzene rings is 2. The molecule has 0 saturated heterocycles. The van der Waals surface area contributed by atoms with Gasteiger partial charge in [-0.15, -0.1) is 16.8 Å². The average molecular weight is 427 g/mol. The number of carbonyl (C=O) groups is 1. The molecular formula is C22H23FN4O2S. The highest BCUT2D eigenvalue weighted by atomic mass is 32.2. The van der Waals surface area contributed by atoms with Crippen LogP contribution in [0.25, 0.3) is 0 Å². The number of nitrogens with zero attached hydrogens (tertiary/aromatic N) is 4. The molecule has 8 heteroatoms. The third kappa shape index (κ3) is 5.07. The van der Waals surface area contributed by atoms with E-state index in [9.17, 15) is 9.18 Å². The Morgan fingerprint density at radius 3 is 2.63 bits per heavy atom. The molecule has 156 valence electrons. The molecule has 0 N–H and O–H groups in total. The lowest BCUT2D eigenvalue weighted by molar-refractivity contribution is -0.115. The highest BCUT2D eigenvalue weighted by Gasteiger charge is 2.21. The Morgan fingerprint density at radius 2 is 1.93 bits per heavy atom. The van der Waals surface area contributed by atoms with Crippen LogP contribution < -0.4 is 9.64 Å². The lowest BCUT2D eigenvalue weighted by Crippen LogP contribution is -2.28. The largest absolute Gasteiger partial charge is 0.480 e. The molecule has 0 radical (unpaired) electrons. The van der Waals surface area contributed by atoms with Gasteiger partial charge in [-0.2, -0.15) is 0 Å². The molecule has 30 heavy (non-hydrogen) atoms. The zero-order valence-corrected chi connectivity index (χ0v) is 17.7. The maximum Gasteiger partial charge on any atom is 0.237 e. The van der Waals surface area contributed by atoms with Crippen molar-refractivity contribution in [2.45, 2.75) is 24.7 Å². The fourth-order valence-corrected chi connectivity index (χ4v) is 3.68. The maximum absolute atomic E-state index is 13.9. The molecule has 0 fully saturated rings. The predicted molar refractivity (Wildman–Crippen MR) is 116 cm³/mol. The summed E-state index contributed by atoms with van der Waals surface area (Å²) in [4.78, 5) is 14.2. The second kappa shape index (κ2) is 10.1. The van der Waals surface area contributed by atoms with E-state index in [0.717, 1.165) is 5.69 Å². The van der Waals surface area contributed by atoms with E-state index in [2.05, 4.69) is 16.8 Å². The first kappa shape index (κ1) is 21.6. The lowest BCUT2D eigenvalue weighted by Gasteiger charge is -2.17. The number of carbonyl (C=O) groups excluding carboxylic acids is 1. The average Bonchev–Trinajstić information content (AvgIpc) is 3.16. The molecule has 1 amide bonds. The van der Waals surface area contributed by atoms with Gasteiger partial charge >= 0.3 is 0 Å². The normalized spacial score (nSPS) is 11.7.